The maximum atomic E-state index is 13.1. The maximum Gasteiger partial charge on any atom is 0.348 e. The standard InChI is InChI=1S/C25H38N2O4S/c1-8-19(23(29)26(6)7)27(22(28)17-11-9-16(2)10-12-17)20-15-18(13-14-25(3,4)5)32-21(20)24(30)31/h15-17,19,22,28H,8-12H2,1-7H3,(H,30,31)/t16?,17?,19-,22?/m0/s1. The number of aromatic carboxylic acids is 1. The molecule has 0 radical (unpaired) electrons. The Morgan fingerprint density at radius 1 is 1.22 bits per heavy atom. The number of carbonyl (C=O) groups excluding carboxylic acids is 1. The van der Waals surface area contributed by atoms with E-state index in [1.165, 1.54) is 4.90 Å². The average molecular weight is 463 g/mol. The zero-order chi connectivity index (χ0) is 24.2. The van der Waals surface area contributed by atoms with Crippen LogP contribution >= 0.6 is 11.3 Å². The number of anilines is 1. The molecule has 178 valence electrons. The van der Waals surface area contributed by atoms with Gasteiger partial charge in [0.1, 0.15) is 17.1 Å². The van der Waals surface area contributed by atoms with Crippen LogP contribution in [0.25, 0.3) is 0 Å². The predicted octanol–water partition coefficient (Wildman–Crippen LogP) is 4.66. The number of hydrogen-bond acceptors (Lipinski definition) is 5. The molecule has 0 saturated heterocycles. The lowest BCUT2D eigenvalue weighted by Crippen LogP contribution is -2.54. The fraction of sp³-hybridized carbons (Fsp3) is 0.680. The van der Waals surface area contributed by atoms with Gasteiger partial charge < -0.3 is 20.0 Å². The van der Waals surface area contributed by atoms with Crippen molar-refractivity contribution < 1.29 is 19.8 Å². The molecule has 1 heterocycles. The van der Waals surface area contributed by atoms with Crippen LogP contribution in [0, 0.1) is 29.1 Å². The smallest absolute Gasteiger partial charge is 0.348 e. The maximum absolute atomic E-state index is 13.1. The fourth-order valence-electron chi connectivity index (χ4n) is 4.13. The van der Waals surface area contributed by atoms with Gasteiger partial charge in [-0.3, -0.25) is 4.79 Å². The number of carboxylic acid groups (broad SMARTS) is 1. The fourth-order valence-corrected chi connectivity index (χ4v) is 4.98. The van der Waals surface area contributed by atoms with E-state index >= 15 is 0 Å². The number of hydrogen-bond donors (Lipinski definition) is 2. The average Bonchev–Trinajstić information content (AvgIpc) is 3.13. The number of carbonyl (C=O) groups is 2. The van der Waals surface area contributed by atoms with E-state index < -0.39 is 18.2 Å². The van der Waals surface area contributed by atoms with Crippen molar-refractivity contribution in [2.24, 2.45) is 17.3 Å². The summed E-state index contributed by atoms with van der Waals surface area (Å²) in [5, 5.41) is 21.5. The summed E-state index contributed by atoms with van der Waals surface area (Å²) in [6, 6.07) is 1.07. The first-order valence-corrected chi connectivity index (χ1v) is 12.2. The molecular weight excluding hydrogens is 424 g/mol. The zero-order valence-electron chi connectivity index (χ0n) is 20.4. The van der Waals surface area contributed by atoms with Gasteiger partial charge >= 0.3 is 5.97 Å². The molecule has 6 nitrogen and oxygen atoms in total. The van der Waals surface area contributed by atoms with E-state index in [1.807, 2.05) is 27.7 Å². The third kappa shape index (κ3) is 6.49. The van der Waals surface area contributed by atoms with Crippen LogP contribution < -0.4 is 4.90 Å². The summed E-state index contributed by atoms with van der Waals surface area (Å²) < 4.78 is 0. The zero-order valence-corrected chi connectivity index (χ0v) is 21.3. The van der Waals surface area contributed by atoms with Gasteiger partial charge in [0.2, 0.25) is 5.91 Å². The van der Waals surface area contributed by atoms with Crippen molar-refractivity contribution in [1.29, 1.82) is 0 Å². The van der Waals surface area contributed by atoms with E-state index in [0.717, 1.165) is 37.0 Å². The first-order chi connectivity index (χ1) is 14.9. The van der Waals surface area contributed by atoms with Crippen LogP contribution in [0.3, 0.4) is 0 Å². The highest BCUT2D eigenvalue weighted by Crippen LogP contribution is 2.38. The first kappa shape index (κ1) is 26.2. The van der Waals surface area contributed by atoms with E-state index in [9.17, 15) is 19.8 Å². The third-order valence-electron chi connectivity index (χ3n) is 5.96. The summed E-state index contributed by atoms with van der Waals surface area (Å²) in [6.45, 7) is 10.1. The molecule has 0 bridgehead atoms. The van der Waals surface area contributed by atoms with Crippen LogP contribution in [0.2, 0.25) is 0 Å². The number of rotatable bonds is 7. The van der Waals surface area contributed by atoms with Gasteiger partial charge in [-0.1, -0.05) is 38.5 Å². The van der Waals surface area contributed by atoms with E-state index in [-0.39, 0.29) is 22.1 Å². The van der Waals surface area contributed by atoms with E-state index in [2.05, 4.69) is 18.8 Å². The number of carboxylic acids is 1. The molecule has 1 amide bonds. The van der Waals surface area contributed by atoms with Crippen molar-refractivity contribution in [2.45, 2.75) is 79.0 Å². The molecule has 0 aromatic carbocycles. The molecule has 32 heavy (non-hydrogen) atoms. The monoisotopic (exact) mass is 462 g/mol. The van der Waals surface area contributed by atoms with Crippen LogP contribution in [0.4, 0.5) is 5.69 Å². The Kier molecular flexibility index (Phi) is 8.78. The van der Waals surface area contributed by atoms with Crippen molar-refractivity contribution in [3.05, 3.63) is 15.8 Å². The molecule has 1 aliphatic carbocycles. The van der Waals surface area contributed by atoms with Gasteiger partial charge in [-0.15, -0.1) is 11.3 Å². The molecule has 1 aromatic heterocycles. The number of aliphatic hydroxyl groups is 1. The molecule has 0 spiro atoms. The summed E-state index contributed by atoms with van der Waals surface area (Å²) in [7, 11) is 3.37. The van der Waals surface area contributed by atoms with Gasteiger partial charge in [0.25, 0.3) is 0 Å². The molecule has 2 atom stereocenters. The number of aliphatic hydroxyl groups excluding tert-OH is 1. The highest BCUT2D eigenvalue weighted by atomic mass is 32.1. The minimum Gasteiger partial charge on any atom is -0.477 e. The number of thiophene rings is 1. The Bertz CT molecular complexity index is 867. The van der Waals surface area contributed by atoms with Gasteiger partial charge in [-0.05, 0) is 52.0 Å². The summed E-state index contributed by atoms with van der Waals surface area (Å²) in [4.78, 5) is 29.1. The summed E-state index contributed by atoms with van der Waals surface area (Å²) >= 11 is 1.10. The van der Waals surface area contributed by atoms with Gasteiger partial charge in [0.15, 0.2) is 0 Å². The minimum absolute atomic E-state index is 0.0131. The Morgan fingerprint density at radius 3 is 2.28 bits per heavy atom. The number of likely N-dealkylation sites (N-methyl/N-ethyl adjacent to an activating group) is 1. The van der Waals surface area contributed by atoms with Crippen LogP contribution in [0.15, 0.2) is 6.07 Å². The van der Waals surface area contributed by atoms with Crippen molar-refractivity contribution in [2.75, 3.05) is 19.0 Å². The Morgan fingerprint density at radius 2 is 1.81 bits per heavy atom. The highest BCUT2D eigenvalue weighted by Gasteiger charge is 2.38. The number of nitrogens with zero attached hydrogens (tertiary/aromatic N) is 2. The molecule has 1 fully saturated rings. The molecule has 0 aliphatic heterocycles. The Labute approximate surface area is 196 Å². The highest BCUT2D eigenvalue weighted by molar-refractivity contribution is 7.15. The summed E-state index contributed by atoms with van der Waals surface area (Å²) in [6.07, 6.45) is 3.27. The molecule has 1 unspecified atom stereocenters. The second-order valence-electron chi connectivity index (χ2n) is 10.1. The predicted molar refractivity (Wildman–Crippen MR) is 130 cm³/mol. The second kappa shape index (κ2) is 10.7. The van der Waals surface area contributed by atoms with Gasteiger partial charge in [0.05, 0.1) is 10.6 Å². The molecule has 1 aliphatic rings. The molecule has 1 saturated carbocycles. The largest absolute Gasteiger partial charge is 0.477 e. The molecular formula is C25H38N2O4S. The molecule has 1 aromatic rings. The third-order valence-corrected chi connectivity index (χ3v) is 6.99. The first-order valence-electron chi connectivity index (χ1n) is 11.4. The van der Waals surface area contributed by atoms with Crippen LogP contribution in [0.5, 0.6) is 0 Å². The lowest BCUT2D eigenvalue weighted by Gasteiger charge is -2.42. The van der Waals surface area contributed by atoms with Gasteiger partial charge in [-0.2, -0.15) is 0 Å². The SMILES string of the molecule is CC[C@@H](C(=O)N(C)C)N(c1cc(C#CC(C)(C)C)sc1C(=O)O)C(O)C1CCC(C)CC1. The van der Waals surface area contributed by atoms with Crippen LogP contribution in [-0.4, -0.2) is 53.4 Å². The quantitative estimate of drug-likeness (QED) is 0.455. The second-order valence-corrected chi connectivity index (χ2v) is 11.2. The summed E-state index contributed by atoms with van der Waals surface area (Å²) in [5.41, 5.74) is 0.159. The van der Waals surface area contributed by atoms with Crippen molar-refractivity contribution in [3.63, 3.8) is 0 Å². The van der Waals surface area contributed by atoms with Crippen LogP contribution in [-0.2, 0) is 4.79 Å². The van der Waals surface area contributed by atoms with Gasteiger partial charge in [-0.25, -0.2) is 4.79 Å². The van der Waals surface area contributed by atoms with Crippen molar-refractivity contribution in [1.82, 2.24) is 4.90 Å². The van der Waals surface area contributed by atoms with Crippen molar-refractivity contribution in [3.8, 4) is 11.8 Å². The van der Waals surface area contributed by atoms with E-state index in [4.69, 9.17) is 0 Å². The Balaban J connectivity index is 2.59. The normalized spacial score (nSPS) is 20.6. The Hall–Kier alpha value is -2.04. The summed E-state index contributed by atoms with van der Waals surface area (Å²) in [5.74, 6) is 5.62. The topological polar surface area (TPSA) is 81.1 Å². The molecule has 2 N–H and O–H groups in total. The number of amides is 1. The minimum atomic E-state index is -1.07. The molecule has 2 rings (SSSR count). The van der Waals surface area contributed by atoms with E-state index in [1.54, 1.807) is 25.1 Å². The van der Waals surface area contributed by atoms with Crippen LogP contribution in [0.1, 0.15) is 81.3 Å². The lowest BCUT2D eigenvalue weighted by molar-refractivity contribution is -0.131. The van der Waals surface area contributed by atoms with Gasteiger partial charge in [0, 0.05) is 25.4 Å². The molecule has 7 heteroatoms. The van der Waals surface area contributed by atoms with E-state index in [0.29, 0.717) is 22.9 Å². The lowest BCUT2D eigenvalue weighted by atomic mass is 9.81. The van der Waals surface area contributed by atoms with Crippen molar-refractivity contribution >= 4 is 28.9 Å².